The van der Waals surface area contributed by atoms with E-state index in [0.717, 1.165) is 23.7 Å². The highest BCUT2D eigenvalue weighted by atomic mass is 32.2. The topological polar surface area (TPSA) is 62.3 Å². The number of amides is 2. The number of aromatic nitrogens is 1. The maximum Gasteiger partial charge on any atom is 0.241 e. The first-order chi connectivity index (χ1) is 10.7. The molecule has 3 rings (SSSR count). The van der Waals surface area contributed by atoms with E-state index in [1.54, 1.807) is 11.1 Å². The molecule has 6 heteroatoms. The third-order valence-corrected chi connectivity index (χ3v) is 5.13. The normalized spacial score (nSPS) is 20.7. The number of fused-ring (bicyclic) bond motifs is 1. The summed E-state index contributed by atoms with van der Waals surface area (Å²) in [7, 11) is 0. The molecular formula is C16H21N3O2S. The van der Waals surface area contributed by atoms with Crippen LogP contribution in [0.4, 0.5) is 5.69 Å². The molecule has 118 valence electrons. The van der Waals surface area contributed by atoms with Crippen molar-refractivity contribution >= 4 is 29.3 Å². The van der Waals surface area contributed by atoms with Gasteiger partial charge in [-0.1, -0.05) is 18.7 Å². The molecule has 1 N–H and O–H groups in total. The van der Waals surface area contributed by atoms with Crippen molar-refractivity contribution in [1.29, 1.82) is 0 Å². The number of nitrogens with one attached hydrogen (secondary N) is 1. The van der Waals surface area contributed by atoms with Gasteiger partial charge in [-0.25, -0.2) is 4.98 Å². The fourth-order valence-electron chi connectivity index (χ4n) is 2.56. The van der Waals surface area contributed by atoms with Gasteiger partial charge >= 0.3 is 0 Å². The number of rotatable bonds is 6. The fraction of sp³-hybridized carbons (Fsp3) is 0.562. The molecule has 2 aliphatic rings. The first kappa shape index (κ1) is 15.3. The second-order valence-corrected chi connectivity index (χ2v) is 7.07. The zero-order valence-corrected chi connectivity index (χ0v) is 13.6. The molecule has 0 radical (unpaired) electrons. The lowest BCUT2D eigenvalue weighted by Crippen LogP contribution is -2.43. The highest BCUT2D eigenvalue weighted by Gasteiger charge is 2.35. The molecule has 1 atom stereocenters. The van der Waals surface area contributed by atoms with E-state index in [-0.39, 0.29) is 23.5 Å². The first-order valence-electron chi connectivity index (χ1n) is 7.88. The van der Waals surface area contributed by atoms with Gasteiger partial charge in [0.15, 0.2) is 0 Å². The van der Waals surface area contributed by atoms with Crippen molar-refractivity contribution in [2.45, 2.75) is 42.9 Å². The van der Waals surface area contributed by atoms with Crippen molar-refractivity contribution < 1.29 is 9.59 Å². The molecule has 0 bridgehead atoms. The second kappa shape index (κ2) is 6.69. The summed E-state index contributed by atoms with van der Waals surface area (Å²) in [5.41, 5.74) is 0.869. The van der Waals surface area contributed by atoms with Gasteiger partial charge < -0.3 is 10.2 Å². The summed E-state index contributed by atoms with van der Waals surface area (Å²) in [6.07, 6.45) is 5.26. The largest absolute Gasteiger partial charge is 0.356 e. The maximum atomic E-state index is 12.7. The molecule has 0 aromatic carbocycles. The average molecular weight is 319 g/mol. The lowest BCUT2D eigenvalue weighted by atomic mass is 10.2. The van der Waals surface area contributed by atoms with E-state index in [2.05, 4.69) is 10.3 Å². The Hall–Kier alpha value is -1.56. The first-order valence-corrected chi connectivity index (χ1v) is 8.76. The Morgan fingerprint density at radius 3 is 3.05 bits per heavy atom. The molecule has 1 aromatic rings. The Morgan fingerprint density at radius 2 is 2.32 bits per heavy atom. The Bertz CT molecular complexity index is 574. The van der Waals surface area contributed by atoms with Crippen molar-refractivity contribution in [2.24, 2.45) is 5.92 Å². The minimum Gasteiger partial charge on any atom is -0.356 e. The van der Waals surface area contributed by atoms with Crippen LogP contribution in [0.15, 0.2) is 23.4 Å². The predicted octanol–water partition coefficient (Wildman–Crippen LogP) is 2.22. The van der Waals surface area contributed by atoms with E-state index in [4.69, 9.17) is 0 Å². The molecular weight excluding hydrogens is 298 g/mol. The lowest BCUT2D eigenvalue weighted by Gasteiger charge is -2.32. The fourth-order valence-corrected chi connectivity index (χ4v) is 3.71. The number of carbonyl (C=O) groups is 2. The average Bonchev–Trinajstić information content (AvgIpc) is 3.34. The standard InChI is InChI=1S/C16H21N3O2S/c1-2-8-19-12-4-3-7-17-15(12)22-13(16(19)21)9-14(20)18-10-11-5-6-11/h3-4,7,11,13H,2,5-6,8-10H2,1H3,(H,18,20)/t13-/m0/s1. The summed E-state index contributed by atoms with van der Waals surface area (Å²) < 4.78 is 0. The molecule has 1 aromatic heterocycles. The van der Waals surface area contributed by atoms with Gasteiger partial charge in [0.25, 0.3) is 0 Å². The third kappa shape index (κ3) is 3.43. The zero-order chi connectivity index (χ0) is 15.5. The van der Waals surface area contributed by atoms with Crippen molar-refractivity contribution in [3.8, 4) is 0 Å². The number of anilines is 1. The molecule has 2 amide bonds. The van der Waals surface area contributed by atoms with E-state index < -0.39 is 0 Å². The molecule has 1 aliphatic heterocycles. The number of pyridine rings is 1. The van der Waals surface area contributed by atoms with Crippen LogP contribution in [0, 0.1) is 5.92 Å². The highest BCUT2D eigenvalue weighted by Crippen LogP contribution is 2.38. The molecule has 0 spiro atoms. The Kier molecular flexibility index (Phi) is 4.66. The number of hydrogen-bond acceptors (Lipinski definition) is 4. The molecule has 2 heterocycles. The van der Waals surface area contributed by atoms with Crippen LogP contribution >= 0.6 is 11.8 Å². The second-order valence-electron chi connectivity index (χ2n) is 5.88. The van der Waals surface area contributed by atoms with Crippen molar-refractivity contribution in [1.82, 2.24) is 10.3 Å². The van der Waals surface area contributed by atoms with Gasteiger partial charge in [0.05, 0.1) is 10.9 Å². The van der Waals surface area contributed by atoms with E-state index in [1.807, 2.05) is 19.1 Å². The van der Waals surface area contributed by atoms with Crippen molar-refractivity contribution in [3.63, 3.8) is 0 Å². The number of carbonyl (C=O) groups excluding carboxylic acids is 2. The van der Waals surface area contributed by atoms with Gasteiger partial charge in [-0.05, 0) is 37.3 Å². The molecule has 5 nitrogen and oxygen atoms in total. The quantitative estimate of drug-likeness (QED) is 0.873. The van der Waals surface area contributed by atoms with Crippen molar-refractivity contribution in [2.75, 3.05) is 18.0 Å². The van der Waals surface area contributed by atoms with Crippen LogP contribution in [0.2, 0.25) is 0 Å². The summed E-state index contributed by atoms with van der Waals surface area (Å²) in [4.78, 5) is 30.9. The van der Waals surface area contributed by atoms with Gasteiger partial charge in [-0.2, -0.15) is 0 Å². The molecule has 0 saturated heterocycles. The van der Waals surface area contributed by atoms with Crippen LogP contribution in [0.3, 0.4) is 0 Å². The minimum absolute atomic E-state index is 0.0221. The van der Waals surface area contributed by atoms with Crippen LogP contribution < -0.4 is 10.2 Å². The van der Waals surface area contributed by atoms with E-state index >= 15 is 0 Å². The zero-order valence-electron chi connectivity index (χ0n) is 12.7. The molecule has 0 unspecified atom stereocenters. The van der Waals surface area contributed by atoms with Crippen LogP contribution in [0.5, 0.6) is 0 Å². The molecule has 1 saturated carbocycles. The summed E-state index contributed by atoms with van der Waals surface area (Å²) in [6, 6.07) is 3.77. The summed E-state index contributed by atoms with van der Waals surface area (Å²) in [5.74, 6) is 0.639. The molecule has 1 fully saturated rings. The van der Waals surface area contributed by atoms with Gasteiger partial charge in [0.1, 0.15) is 5.03 Å². The maximum absolute atomic E-state index is 12.7. The number of hydrogen-bond donors (Lipinski definition) is 1. The summed E-state index contributed by atoms with van der Waals surface area (Å²) in [5, 5.41) is 3.42. The van der Waals surface area contributed by atoms with E-state index in [1.165, 1.54) is 24.6 Å². The van der Waals surface area contributed by atoms with Crippen LogP contribution in [0.1, 0.15) is 32.6 Å². The Balaban J connectivity index is 1.69. The Labute approximate surface area is 134 Å². The Morgan fingerprint density at radius 1 is 1.50 bits per heavy atom. The van der Waals surface area contributed by atoms with Gasteiger partial charge in [0.2, 0.25) is 11.8 Å². The van der Waals surface area contributed by atoms with Gasteiger partial charge in [0, 0.05) is 25.7 Å². The summed E-state index contributed by atoms with van der Waals surface area (Å²) in [6.45, 7) is 3.46. The van der Waals surface area contributed by atoms with Crippen LogP contribution in [-0.2, 0) is 9.59 Å². The SMILES string of the molecule is CCCN1C(=O)[C@H](CC(=O)NCC2CC2)Sc2ncccc21. The van der Waals surface area contributed by atoms with E-state index in [9.17, 15) is 9.59 Å². The summed E-state index contributed by atoms with van der Waals surface area (Å²) >= 11 is 1.41. The lowest BCUT2D eigenvalue weighted by molar-refractivity contribution is -0.124. The molecule has 22 heavy (non-hydrogen) atoms. The van der Waals surface area contributed by atoms with Crippen LogP contribution in [0.25, 0.3) is 0 Å². The third-order valence-electron chi connectivity index (χ3n) is 3.94. The van der Waals surface area contributed by atoms with Crippen molar-refractivity contribution in [3.05, 3.63) is 18.3 Å². The minimum atomic E-state index is -0.367. The smallest absolute Gasteiger partial charge is 0.241 e. The van der Waals surface area contributed by atoms with Gasteiger partial charge in [-0.3, -0.25) is 9.59 Å². The highest BCUT2D eigenvalue weighted by molar-refractivity contribution is 8.00. The predicted molar refractivity (Wildman–Crippen MR) is 86.9 cm³/mol. The van der Waals surface area contributed by atoms with E-state index in [0.29, 0.717) is 12.5 Å². The van der Waals surface area contributed by atoms with Gasteiger partial charge in [-0.15, -0.1) is 0 Å². The molecule has 1 aliphatic carbocycles. The number of nitrogens with zero attached hydrogens (tertiary/aromatic N) is 2. The monoisotopic (exact) mass is 319 g/mol. The van der Waals surface area contributed by atoms with Crippen LogP contribution in [-0.4, -0.2) is 35.1 Å². The number of thioether (sulfide) groups is 1.